The highest BCUT2D eigenvalue weighted by molar-refractivity contribution is 5.98. The minimum atomic E-state index is -0.832. The Labute approximate surface area is 212 Å². The number of amides is 2. The van der Waals surface area contributed by atoms with Gasteiger partial charge in [0.1, 0.15) is 0 Å². The third-order valence-corrected chi connectivity index (χ3v) is 7.75. The van der Waals surface area contributed by atoms with E-state index in [-0.39, 0.29) is 23.2 Å². The van der Waals surface area contributed by atoms with Crippen LogP contribution in [0.2, 0.25) is 0 Å². The molecule has 4 N–H and O–H groups in total. The Morgan fingerprint density at radius 1 is 1.22 bits per heavy atom. The number of pyridine rings is 1. The topological polar surface area (TPSA) is 162 Å². The molecule has 0 bridgehead atoms. The first kappa shape index (κ1) is 23.6. The van der Waals surface area contributed by atoms with E-state index in [2.05, 4.69) is 35.8 Å². The van der Waals surface area contributed by atoms with Crippen LogP contribution >= 0.6 is 0 Å². The molecule has 3 fully saturated rings. The molecule has 3 aromatic heterocycles. The molecule has 13 heteroatoms. The van der Waals surface area contributed by atoms with Crippen LogP contribution in [0.3, 0.4) is 0 Å². The minimum Gasteiger partial charge on any atom is -0.382 e. The van der Waals surface area contributed by atoms with Gasteiger partial charge in [0.2, 0.25) is 11.9 Å². The number of aromatic nitrogens is 5. The SMILES string of the molecule is CNC(=O)c1nnc([C@@]2(C(N)=O)CC23CC3)cc1Nc1nc2ccc(N3CC(OCCOC)C3)cn2n1. The number of nitrogens with zero attached hydrogens (tertiary/aromatic N) is 6. The maximum atomic E-state index is 12.5. The molecule has 0 unspecified atom stereocenters. The lowest BCUT2D eigenvalue weighted by molar-refractivity contribution is -0.121. The van der Waals surface area contributed by atoms with Crippen LogP contribution in [0.5, 0.6) is 0 Å². The quantitative estimate of drug-likeness (QED) is 0.327. The molecule has 2 saturated carbocycles. The van der Waals surface area contributed by atoms with Gasteiger partial charge in [0, 0.05) is 27.2 Å². The molecule has 1 aliphatic heterocycles. The highest BCUT2D eigenvalue weighted by Gasteiger charge is 2.78. The summed E-state index contributed by atoms with van der Waals surface area (Å²) < 4.78 is 12.5. The molecule has 2 aliphatic carbocycles. The number of nitrogens with two attached hydrogens (primary N) is 1. The lowest BCUT2D eigenvalue weighted by atomic mass is 9.96. The first-order chi connectivity index (χ1) is 17.9. The molecule has 3 aromatic rings. The zero-order valence-electron chi connectivity index (χ0n) is 20.7. The summed E-state index contributed by atoms with van der Waals surface area (Å²) in [7, 11) is 3.17. The summed E-state index contributed by atoms with van der Waals surface area (Å²) in [6.07, 6.45) is 4.61. The average molecular weight is 508 g/mol. The number of nitrogens with one attached hydrogen (secondary N) is 2. The molecule has 1 spiro atoms. The monoisotopic (exact) mass is 507 g/mol. The fraction of sp³-hybridized carbons (Fsp3) is 0.500. The average Bonchev–Trinajstić information content (AvgIpc) is 3.75. The predicted molar refractivity (Wildman–Crippen MR) is 133 cm³/mol. The van der Waals surface area contributed by atoms with Gasteiger partial charge in [-0.05, 0) is 42.9 Å². The Morgan fingerprint density at radius 3 is 2.70 bits per heavy atom. The van der Waals surface area contributed by atoms with Crippen molar-refractivity contribution in [2.75, 3.05) is 50.7 Å². The summed E-state index contributed by atoms with van der Waals surface area (Å²) in [5.74, 6) is -0.540. The summed E-state index contributed by atoms with van der Waals surface area (Å²) in [6.45, 7) is 2.74. The van der Waals surface area contributed by atoms with Crippen LogP contribution in [0.25, 0.3) is 5.65 Å². The van der Waals surface area contributed by atoms with Gasteiger partial charge in [0.05, 0.1) is 48.0 Å². The molecule has 2 amide bonds. The van der Waals surface area contributed by atoms with Crippen LogP contribution in [0, 0.1) is 5.41 Å². The molecule has 6 rings (SSSR count). The molecule has 1 saturated heterocycles. The predicted octanol–water partition coefficient (Wildman–Crippen LogP) is 0.381. The van der Waals surface area contributed by atoms with Crippen LogP contribution in [0.1, 0.15) is 35.4 Å². The molecule has 194 valence electrons. The fourth-order valence-corrected chi connectivity index (χ4v) is 5.32. The molecule has 3 aliphatic rings. The van der Waals surface area contributed by atoms with Gasteiger partial charge in [-0.2, -0.15) is 10.1 Å². The van der Waals surface area contributed by atoms with Crippen LogP contribution < -0.4 is 21.3 Å². The van der Waals surface area contributed by atoms with E-state index in [9.17, 15) is 9.59 Å². The smallest absolute Gasteiger partial charge is 0.273 e. The highest BCUT2D eigenvalue weighted by Crippen LogP contribution is 2.78. The Balaban J connectivity index is 1.24. The van der Waals surface area contributed by atoms with E-state index < -0.39 is 17.2 Å². The van der Waals surface area contributed by atoms with Crippen LogP contribution in [-0.2, 0) is 19.7 Å². The zero-order valence-corrected chi connectivity index (χ0v) is 20.7. The van der Waals surface area contributed by atoms with Crippen molar-refractivity contribution in [2.24, 2.45) is 11.1 Å². The highest BCUT2D eigenvalue weighted by atomic mass is 16.5. The number of ether oxygens (including phenoxy) is 2. The Hall–Kier alpha value is -3.84. The van der Waals surface area contributed by atoms with Gasteiger partial charge in [-0.1, -0.05) is 0 Å². The molecular formula is C24H29N9O4. The second kappa shape index (κ2) is 8.63. The van der Waals surface area contributed by atoms with E-state index in [1.165, 1.54) is 7.05 Å². The van der Waals surface area contributed by atoms with Crippen molar-refractivity contribution >= 4 is 34.8 Å². The van der Waals surface area contributed by atoms with E-state index >= 15 is 0 Å². The van der Waals surface area contributed by atoms with Crippen molar-refractivity contribution in [1.82, 2.24) is 30.1 Å². The Morgan fingerprint density at radius 2 is 2.03 bits per heavy atom. The first-order valence-corrected chi connectivity index (χ1v) is 12.3. The van der Waals surface area contributed by atoms with E-state index in [4.69, 9.17) is 15.2 Å². The van der Waals surface area contributed by atoms with Crippen LogP contribution in [-0.4, -0.2) is 83.2 Å². The van der Waals surface area contributed by atoms with Crippen molar-refractivity contribution in [3.05, 3.63) is 35.8 Å². The summed E-state index contributed by atoms with van der Waals surface area (Å²) in [5.41, 5.74) is 7.41. The van der Waals surface area contributed by atoms with E-state index in [0.29, 0.717) is 36.7 Å². The van der Waals surface area contributed by atoms with Gasteiger partial charge in [0.25, 0.3) is 5.91 Å². The van der Waals surface area contributed by atoms with Crippen LogP contribution in [0.4, 0.5) is 17.3 Å². The van der Waals surface area contributed by atoms with Gasteiger partial charge in [-0.3, -0.25) is 9.59 Å². The normalized spacial score (nSPS) is 21.6. The number of anilines is 3. The van der Waals surface area contributed by atoms with Crippen LogP contribution in [0.15, 0.2) is 24.4 Å². The number of methoxy groups -OCH3 is 1. The fourth-order valence-electron chi connectivity index (χ4n) is 5.32. The summed E-state index contributed by atoms with van der Waals surface area (Å²) in [4.78, 5) is 31.6. The number of hydrogen-bond acceptors (Lipinski definition) is 10. The number of carbonyl (C=O) groups is 2. The first-order valence-electron chi connectivity index (χ1n) is 12.3. The van der Waals surface area contributed by atoms with Crippen molar-refractivity contribution in [3.63, 3.8) is 0 Å². The lowest BCUT2D eigenvalue weighted by Gasteiger charge is -2.40. The summed E-state index contributed by atoms with van der Waals surface area (Å²) >= 11 is 0. The van der Waals surface area contributed by atoms with Gasteiger partial charge < -0.3 is 30.7 Å². The molecule has 4 heterocycles. The van der Waals surface area contributed by atoms with E-state index in [0.717, 1.165) is 31.6 Å². The second-order valence-corrected chi connectivity index (χ2v) is 9.94. The maximum absolute atomic E-state index is 12.5. The third kappa shape index (κ3) is 3.85. The standard InChI is InChI=1S/C24H29N9O4/c1-26-20(34)19-16(9-17(29-30-19)24(21(25)35)13-23(24)5-6-23)27-22-28-18-4-3-14(10-33(18)31-22)32-11-15(12-32)37-8-7-36-2/h3-4,9-10,15H,5-8,11-13H2,1-2H3,(H2,25,35)(H,26,34)(H,27,29,31)/t24-/m1/s1. The molecule has 37 heavy (non-hydrogen) atoms. The van der Waals surface area contributed by atoms with Gasteiger partial charge in [0.15, 0.2) is 11.3 Å². The second-order valence-electron chi connectivity index (χ2n) is 9.94. The van der Waals surface area contributed by atoms with E-state index in [1.807, 2.05) is 18.3 Å². The van der Waals surface area contributed by atoms with Crippen molar-refractivity contribution in [1.29, 1.82) is 0 Å². The maximum Gasteiger partial charge on any atom is 0.273 e. The summed E-state index contributed by atoms with van der Waals surface area (Å²) in [5, 5.41) is 18.6. The van der Waals surface area contributed by atoms with Crippen molar-refractivity contribution in [3.8, 4) is 0 Å². The van der Waals surface area contributed by atoms with E-state index in [1.54, 1.807) is 17.7 Å². The van der Waals surface area contributed by atoms with Gasteiger partial charge >= 0.3 is 0 Å². The molecule has 0 radical (unpaired) electrons. The van der Waals surface area contributed by atoms with Crippen molar-refractivity contribution in [2.45, 2.75) is 30.8 Å². The van der Waals surface area contributed by atoms with Gasteiger partial charge in [-0.25, -0.2) is 4.52 Å². The van der Waals surface area contributed by atoms with Crippen molar-refractivity contribution < 1.29 is 19.1 Å². The lowest BCUT2D eigenvalue weighted by Crippen LogP contribution is -2.52. The molecular weight excluding hydrogens is 478 g/mol. The Kier molecular flexibility index (Phi) is 5.49. The zero-order chi connectivity index (χ0) is 25.8. The number of hydrogen-bond donors (Lipinski definition) is 3. The Bertz CT molecular complexity index is 1380. The number of rotatable bonds is 10. The van der Waals surface area contributed by atoms with Gasteiger partial charge in [-0.15, -0.1) is 10.2 Å². The largest absolute Gasteiger partial charge is 0.382 e. The third-order valence-electron chi connectivity index (χ3n) is 7.75. The summed E-state index contributed by atoms with van der Waals surface area (Å²) in [6, 6.07) is 5.54. The number of carbonyl (C=O) groups excluding carboxylic acids is 2. The molecule has 1 atom stereocenters. The minimum absolute atomic E-state index is 0.0796. The number of fused-ring (bicyclic) bond motifs is 1. The molecule has 13 nitrogen and oxygen atoms in total. The number of primary amides is 1. The molecule has 0 aromatic carbocycles.